The molecular weight excluding hydrogens is 597 g/mol. The summed E-state index contributed by atoms with van der Waals surface area (Å²) in [6.45, 7) is -1.18. The molecule has 22 heteroatoms. The summed E-state index contributed by atoms with van der Waals surface area (Å²) < 4.78 is 32.8. The number of hydrogen-bond donors (Lipinski definition) is 9. The Labute approximate surface area is 239 Å². The van der Waals surface area contributed by atoms with Crippen LogP contribution in [0.25, 0.3) is 22.3 Å². The van der Waals surface area contributed by atoms with Gasteiger partial charge in [-0.25, -0.2) is 9.97 Å². The second-order valence-electron chi connectivity index (χ2n) is 10.0. The number of aromatic amines is 1. The van der Waals surface area contributed by atoms with Crippen molar-refractivity contribution in [1.29, 1.82) is 0 Å². The number of rotatable bonds is 8. The molecule has 12 N–H and O–H groups in total. The van der Waals surface area contributed by atoms with E-state index >= 15 is 0 Å². The molecule has 232 valence electrons. The van der Waals surface area contributed by atoms with Crippen LogP contribution in [0, 0.1) is 0 Å². The minimum Gasteiger partial charge on any atom is -0.394 e. The molecule has 21 nitrogen and oxygen atoms in total. The van der Waals surface area contributed by atoms with Crippen LogP contribution in [-0.2, 0) is 18.6 Å². The lowest BCUT2D eigenvalue weighted by Crippen LogP contribution is -2.34. The summed E-state index contributed by atoms with van der Waals surface area (Å²) in [5.74, 6) is -0.388. The van der Waals surface area contributed by atoms with Crippen molar-refractivity contribution in [2.45, 2.75) is 55.1 Å². The summed E-state index contributed by atoms with van der Waals surface area (Å²) in [5.41, 5.74) is 14.9. The first-order valence-electron chi connectivity index (χ1n) is 12.8. The molecule has 9 atom stereocenters. The second-order valence-corrected chi connectivity index (χ2v) is 12.0. The number of H-pyrrole nitrogens is 1. The van der Waals surface area contributed by atoms with Crippen LogP contribution in [0.4, 0.5) is 17.7 Å². The Morgan fingerprint density at radius 2 is 1.58 bits per heavy atom. The summed E-state index contributed by atoms with van der Waals surface area (Å²) in [6.07, 6.45) is -7.34. The molecule has 0 aliphatic carbocycles. The fourth-order valence-corrected chi connectivity index (χ4v) is 6.97. The lowest BCUT2D eigenvalue weighted by atomic mass is 10.1. The summed E-state index contributed by atoms with van der Waals surface area (Å²) in [7, 11) is -4.78. The van der Waals surface area contributed by atoms with Crippen molar-refractivity contribution in [3.05, 3.63) is 23.0 Å². The molecule has 1 unspecified atom stereocenters. The van der Waals surface area contributed by atoms with Gasteiger partial charge in [-0.15, -0.1) is 0 Å². The highest BCUT2D eigenvalue weighted by atomic mass is 31.2. The van der Waals surface area contributed by atoms with Gasteiger partial charge >= 0.3 is 7.60 Å². The molecule has 0 amide bonds. The average Bonchev–Trinajstić information content (AvgIpc) is 3.69. The molecule has 2 aliphatic heterocycles. The van der Waals surface area contributed by atoms with Gasteiger partial charge in [0.15, 0.2) is 35.1 Å². The molecule has 0 aromatic carbocycles. The number of aliphatic hydroxyl groups is 4. The number of hydrogen-bond acceptors (Lipinski definition) is 17. The van der Waals surface area contributed by atoms with E-state index in [1.54, 1.807) is 0 Å². The Hall–Kier alpha value is -3.79. The molecule has 6 heterocycles. The third-order valence-electron chi connectivity index (χ3n) is 7.37. The van der Waals surface area contributed by atoms with Crippen LogP contribution in [-0.4, -0.2) is 114 Å². The first-order valence-corrected chi connectivity index (χ1v) is 14.5. The normalized spacial score (nSPS) is 30.8. The van der Waals surface area contributed by atoms with Crippen molar-refractivity contribution >= 4 is 47.6 Å². The van der Waals surface area contributed by atoms with Crippen LogP contribution >= 0.6 is 7.60 Å². The number of nitrogens with zero attached hydrogens (tertiary/aromatic N) is 7. The number of nitrogens with two attached hydrogens (primary N) is 3. The van der Waals surface area contributed by atoms with Crippen molar-refractivity contribution in [2.24, 2.45) is 0 Å². The maximum absolute atomic E-state index is 13.5. The number of aliphatic hydroxyl groups excluding tert-OH is 4. The van der Waals surface area contributed by atoms with Crippen molar-refractivity contribution in [1.82, 2.24) is 39.0 Å². The molecule has 4 aromatic heterocycles. The molecule has 4 aromatic rings. The number of nitrogens with one attached hydrogen (secondary N) is 1. The minimum atomic E-state index is -4.78. The lowest BCUT2D eigenvalue weighted by molar-refractivity contribution is -0.0435. The van der Waals surface area contributed by atoms with Gasteiger partial charge in [-0.2, -0.15) is 15.0 Å². The van der Waals surface area contributed by atoms with Gasteiger partial charge in [-0.3, -0.25) is 23.5 Å². The molecule has 2 saturated heterocycles. The van der Waals surface area contributed by atoms with E-state index in [1.807, 2.05) is 0 Å². The van der Waals surface area contributed by atoms with Crippen LogP contribution in [0.1, 0.15) is 18.9 Å². The van der Waals surface area contributed by atoms with Crippen molar-refractivity contribution < 1.29 is 43.9 Å². The van der Waals surface area contributed by atoms with Gasteiger partial charge in [0.25, 0.3) is 5.56 Å². The highest BCUT2D eigenvalue weighted by Gasteiger charge is 2.55. The number of aromatic nitrogens is 8. The zero-order chi connectivity index (χ0) is 30.8. The summed E-state index contributed by atoms with van der Waals surface area (Å²) in [5, 5.41) is 41.9. The molecule has 43 heavy (non-hydrogen) atoms. The van der Waals surface area contributed by atoms with E-state index in [-0.39, 0.29) is 46.5 Å². The molecule has 2 fully saturated rings. The lowest BCUT2D eigenvalue weighted by Gasteiger charge is -2.26. The Bertz CT molecular complexity index is 1780. The molecule has 0 radical (unpaired) electrons. The quantitative estimate of drug-likeness (QED) is 0.0859. The summed E-state index contributed by atoms with van der Waals surface area (Å²) in [4.78, 5) is 45.4. The number of fused-ring (bicyclic) bond motifs is 2. The van der Waals surface area contributed by atoms with Crippen LogP contribution in [0.5, 0.6) is 0 Å². The molecule has 0 bridgehead atoms. The first-order chi connectivity index (χ1) is 20.4. The van der Waals surface area contributed by atoms with Crippen molar-refractivity contribution in [3.63, 3.8) is 0 Å². The summed E-state index contributed by atoms with van der Waals surface area (Å²) >= 11 is 0. The highest BCUT2D eigenvalue weighted by molar-refractivity contribution is 7.53. The maximum Gasteiger partial charge on any atom is 0.338 e. The van der Waals surface area contributed by atoms with E-state index in [0.29, 0.717) is 0 Å². The largest absolute Gasteiger partial charge is 0.394 e. The molecule has 0 spiro atoms. The van der Waals surface area contributed by atoms with Crippen LogP contribution in [0.2, 0.25) is 0 Å². The Morgan fingerprint density at radius 1 is 0.930 bits per heavy atom. The van der Waals surface area contributed by atoms with Gasteiger partial charge in [0.05, 0.1) is 32.0 Å². The predicted molar refractivity (Wildman–Crippen MR) is 144 cm³/mol. The maximum atomic E-state index is 13.5. The van der Waals surface area contributed by atoms with Crippen LogP contribution in [0.3, 0.4) is 0 Å². The number of nitrogen functional groups attached to an aromatic ring is 3. The highest BCUT2D eigenvalue weighted by Crippen LogP contribution is 2.57. The molecule has 0 saturated carbocycles. The minimum absolute atomic E-state index is 0.00694. The van der Waals surface area contributed by atoms with E-state index in [0.717, 1.165) is 10.9 Å². The second kappa shape index (κ2) is 10.7. The van der Waals surface area contributed by atoms with E-state index < -0.39 is 75.0 Å². The van der Waals surface area contributed by atoms with E-state index in [2.05, 4.69) is 29.9 Å². The molecule has 6 rings (SSSR count). The van der Waals surface area contributed by atoms with Crippen molar-refractivity contribution in [2.75, 3.05) is 30.4 Å². The smallest absolute Gasteiger partial charge is 0.338 e. The Kier molecular flexibility index (Phi) is 7.31. The predicted octanol–water partition coefficient (Wildman–Crippen LogP) is -3.46. The van der Waals surface area contributed by atoms with Gasteiger partial charge in [0, 0.05) is 6.42 Å². The summed E-state index contributed by atoms with van der Waals surface area (Å²) in [6, 6.07) is 0. The standard InChI is InChI=1S/C21H28N11O10P/c22-14-8-15(28-20(23)27-14)31(4-25-8)18-12(36)10(34)6(41-18)1-2-40-43(38,39)13-11(35)7(3-33)42-19(13)32-5-26-9-16(32)29-21(24)30-17(9)37/h4-7,10-13,18-19,33-36H,1-3H2,(H,38,39)(H4,22,23,27,28)(H3,24,29,30,37)/t6-,7-,10-,11-,12-,13-,18-,19-/m1/s1. The number of imidazole rings is 2. The monoisotopic (exact) mass is 625 g/mol. The fraction of sp³-hybridized carbons (Fsp3) is 0.524. The van der Waals surface area contributed by atoms with Gasteiger partial charge in [0.1, 0.15) is 35.6 Å². The fourth-order valence-electron chi connectivity index (χ4n) is 5.32. The Morgan fingerprint density at radius 3 is 2.30 bits per heavy atom. The number of anilines is 3. The van der Waals surface area contributed by atoms with Crippen LogP contribution < -0.4 is 22.8 Å². The first kappa shape index (κ1) is 29.3. The van der Waals surface area contributed by atoms with Crippen LogP contribution in [0.15, 0.2) is 17.4 Å². The zero-order valence-corrected chi connectivity index (χ0v) is 22.9. The van der Waals surface area contributed by atoms with E-state index in [4.69, 9.17) is 31.2 Å². The zero-order valence-electron chi connectivity index (χ0n) is 22.0. The topological polar surface area (TPSA) is 331 Å². The van der Waals surface area contributed by atoms with Crippen molar-refractivity contribution in [3.8, 4) is 0 Å². The molecule has 2 aliphatic rings. The van der Waals surface area contributed by atoms with E-state index in [9.17, 15) is 34.7 Å². The SMILES string of the molecule is Nc1nc(N)c2ncn([C@@H]3O[C@H](CCOP(=O)(O)[C@@H]4[C@H](O)[C@@H](CO)O[C@H]4n4cnc5c(=O)[nH]c(N)nc54)[C@@H](O)[C@H]3O)c2n1. The average molecular weight is 625 g/mol. The van der Waals surface area contributed by atoms with Gasteiger partial charge in [-0.1, -0.05) is 0 Å². The van der Waals surface area contributed by atoms with Gasteiger partial charge in [0.2, 0.25) is 11.9 Å². The molecular formula is C21H28N11O10P. The third kappa shape index (κ3) is 4.89. The van der Waals surface area contributed by atoms with E-state index in [1.165, 1.54) is 10.9 Å². The van der Waals surface area contributed by atoms with Gasteiger partial charge in [-0.05, 0) is 0 Å². The van der Waals surface area contributed by atoms with Gasteiger partial charge < -0.3 is 56.5 Å². The Balaban J connectivity index is 1.19. The number of ether oxygens (including phenoxy) is 2. The third-order valence-corrected chi connectivity index (χ3v) is 9.24.